The van der Waals surface area contributed by atoms with E-state index in [-0.39, 0.29) is 42.3 Å². The number of nitrogens with one attached hydrogen (secondary N) is 3. The molecule has 1 saturated carbocycles. The molecule has 3 N–H and O–H groups in total. The summed E-state index contributed by atoms with van der Waals surface area (Å²) in [7, 11) is 0. The van der Waals surface area contributed by atoms with Crippen molar-refractivity contribution in [2.75, 3.05) is 13.1 Å². The maximum Gasteiger partial charge on any atom is 0.237 e. The van der Waals surface area contributed by atoms with Crippen molar-refractivity contribution in [2.45, 2.75) is 69.5 Å². The number of piperidine rings is 1. The molecule has 1 saturated heterocycles. The maximum absolute atomic E-state index is 12.5. The normalized spacial score (nSPS) is 22.6. The van der Waals surface area contributed by atoms with Crippen molar-refractivity contribution in [3.63, 3.8) is 0 Å². The fourth-order valence-corrected chi connectivity index (χ4v) is 4.16. The van der Waals surface area contributed by atoms with Crippen molar-refractivity contribution < 1.29 is 4.79 Å². The molecule has 6 heteroatoms. The molecule has 2 aliphatic rings. The van der Waals surface area contributed by atoms with E-state index >= 15 is 0 Å². The van der Waals surface area contributed by atoms with E-state index < -0.39 is 0 Å². The minimum absolute atomic E-state index is 0. The van der Waals surface area contributed by atoms with Gasteiger partial charge in [-0.1, -0.05) is 49.6 Å². The van der Waals surface area contributed by atoms with Crippen LogP contribution in [0.15, 0.2) is 30.3 Å². The first kappa shape index (κ1) is 23.2. The summed E-state index contributed by atoms with van der Waals surface area (Å²) in [6.07, 6.45) is 8.07. The van der Waals surface area contributed by atoms with Crippen LogP contribution in [0.2, 0.25) is 0 Å². The fourth-order valence-electron chi connectivity index (χ4n) is 4.16. The summed E-state index contributed by atoms with van der Waals surface area (Å²) in [5.41, 5.74) is 1.35. The number of carbonyl (C=O) groups is 1. The third-order valence-corrected chi connectivity index (χ3v) is 5.61. The number of halogens is 2. The second kappa shape index (κ2) is 11.1. The number of carbonyl (C=O) groups excluding carboxylic acids is 1. The smallest absolute Gasteiger partial charge is 0.237 e. The zero-order valence-corrected chi connectivity index (χ0v) is 17.3. The van der Waals surface area contributed by atoms with Crippen LogP contribution in [0.25, 0.3) is 0 Å². The van der Waals surface area contributed by atoms with E-state index in [0.717, 1.165) is 38.8 Å². The monoisotopic (exact) mass is 401 g/mol. The van der Waals surface area contributed by atoms with Gasteiger partial charge in [-0.3, -0.25) is 4.79 Å². The van der Waals surface area contributed by atoms with Gasteiger partial charge in [0.15, 0.2) is 0 Å². The van der Waals surface area contributed by atoms with Gasteiger partial charge in [0.1, 0.15) is 0 Å². The van der Waals surface area contributed by atoms with Gasteiger partial charge in [-0.2, -0.15) is 0 Å². The highest BCUT2D eigenvalue weighted by molar-refractivity contribution is 5.85. The quantitative estimate of drug-likeness (QED) is 0.679. The van der Waals surface area contributed by atoms with Crippen LogP contribution in [0.4, 0.5) is 0 Å². The van der Waals surface area contributed by atoms with Crippen LogP contribution in [-0.4, -0.2) is 30.6 Å². The van der Waals surface area contributed by atoms with E-state index in [4.69, 9.17) is 0 Å². The van der Waals surface area contributed by atoms with Crippen LogP contribution in [0.1, 0.15) is 63.5 Å². The molecular weight excluding hydrogens is 369 g/mol. The van der Waals surface area contributed by atoms with Gasteiger partial charge in [0.2, 0.25) is 5.91 Å². The molecule has 0 aromatic heterocycles. The summed E-state index contributed by atoms with van der Waals surface area (Å²) >= 11 is 0. The zero-order valence-electron chi connectivity index (χ0n) is 15.6. The van der Waals surface area contributed by atoms with Gasteiger partial charge < -0.3 is 16.0 Å². The Hall–Kier alpha value is -0.810. The van der Waals surface area contributed by atoms with Crippen LogP contribution in [-0.2, 0) is 4.79 Å². The summed E-state index contributed by atoms with van der Waals surface area (Å²) in [5, 5.41) is 10.4. The molecule has 0 spiro atoms. The first-order valence-electron chi connectivity index (χ1n) is 9.52. The number of hydrogen-bond acceptors (Lipinski definition) is 3. The molecular formula is C20H33Cl2N3O. The van der Waals surface area contributed by atoms with Crippen molar-refractivity contribution in [2.24, 2.45) is 0 Å². The molecule has 2 fully saturated rings. The van der Waals surface area contributed by atoms with Crippen LogP contribution >= 0.6 is 24.8 Å². The van der Waals surface area contributed by atoms with Gasteiger partial charge in [-0.05, 0) is 44.7 Å². The maximum atomic E-state index is 12.5. The average Bonchev–Trinajstić information content (AvgIpc) is 3.10. The lowest BCUT2D eigenvalue weighted by atomic mass is 9.94. The van der Waals surface area contributed by atoms with Crippen LogP contribution in [0.5, 0.6) is 0 Å². The van der Waals surface area contributed by atoms with Crippen molar-refractivity contribution in [1.29, 1.82) is 0 Å². The number of amides is 1. The van der Waals surface area contributed by atoms with Crippen LogP contribution < -0.4 is 16.0 Å². The molecule has 1 heterocycles. The van der Waals surface area contributed by atoms with Crippen LogP contribution in [0.3, 0.4) is 0 Å². The molecule has 1 aromatic rings. The molecule has 148 valence electrons. The SMILES string of the molecule is CC(NC1(CNC(=O)[C@H]2CCCCN2)CCCC1)c1ccccc1.Cl.Cl. The third kappa shape index (κ3) is 6.12. The van der Waals surface area contributed by atoms with Crippen molar-refractivity contribution in [3.8, 4) is 0 Å². The Kier molecular flexibility index (Phi) is 9.94. The van der Waals surface area contributed by atoms with E-state index in [2.05, 4.69) is 53.2 Å². The molecule has 1 aliphatic carbocycles. The second-order valence-corrected chi connectivity index (χ2v) is 7.48. The highest BCUT2D eigenvalue weighted by Crippen LogP contribution is 2.32. The van der Waals surface area contributed by atoms with E-state index in [0.29, 0.717) is 6.04 Å². The zero-order chi connectivity index (χ0) is 16.8. The molecule has 2 atom stereocenters. The Bertz CT molecular complexity index is 529. The van der Waals surface area contributed by atoms with Gasteiger partial charge >= 0.3 is 0 Å². The van der Waals surface area contributed by atoms with E-state index in [1.165, 1.54) is 24.8 Å². The molecule has 3 rings (SSSR count). The number of benzene rings is 1. The van der Waals surface area contributed by atoms with E-state index in [9.17, 15) is 4.79 Å². The topological polar surface area (TPSA) is 53.2 Å². The highest BCUT2D eigenvalue weighted by atomic mass is 35.5. The lowest BCUT2D eigenvalue weighted by molar-refractivity contribution is -0.124. The first-order valence-corrected chi connectivity index (χ1v) is 9.52. The van der Waals surface area contributed by atoms with Gasteiger partial charge in [-0.15, -0.1) is 24.8 Å². The van der Waals surface area contributed by atoms with Gasteiger partial charge in [0.05, 0.1) is 6.04 Å². The molecule has 4 nitrogen and oxygen atoms in total. The van der Waals surface area contributed by atoms with Crippen molar-refractivity contribution in [3.05, 3.63) is 35.9 Å². The Morgan fingerprint density at radius 2 is 1.85 bits per heavy atom. The molecule has 1 amide bonds. The Morgan fingerprint density at radius 1 is 1.15 bits per heavy atom. The average molecular weight is 402 g/mol. The molecule has 0 bridgehead atoms. The number of rotatable bonds is 6. The largest absolute Gasteiger partial charge is 0.353 e. The third-order valence-electron chi connectivity index (χ3n) is 5.61. The highest BCUT2D eigenvalue weighted by Gasteiger charge is 2.36. The lowest BCUT2D eigenvalue weighted by Crippen LogP contribution is -2.55. The van der Waals surface area contributed by atoms with Gasteiger partial charge in [-0.25, -0.2) is 0 Å². The predicted octanol–water partition coefficient (Wildman–Crippen LogP) is 3.75. The van der Waals surface area contributed by atoms with E-state index in [1.54, 1.807) is 0 Å². The summed E-state index contributed by atoms with van der Waals surface area (Å²) < 4.78 is 0. The lowest BCUT2D eigenvalue weighted by Gasteiger charge is -2.35. The van der Waals surface area contributed by atoms with Gasteiger partial charge in [0, 0.05) is 18.1 Å². The Balaban J connectivity index is 0.00000169. The minimum Gasteiger partial charge on any atom is -0.353 e. The summed E-state index contributed by atoms with van der Waals surface area (Å²) in [5.74, 6) is 0.176. The van der Waals surface area contributed by atoms with Crippen LogP contribution in [0, 0.1) is 0 Å². The molecule has 26 heavy (non-hydrogen) atoms. The molecule has 1 aliphatic heterocycles. The second-order valence-electron chi connectivity index (χ2n) is 7.48. The number of hydrogen-bond donors (Lipinski definition) is 3. The van der Waals surface area contributed by atoms with E-state index in [1.807, 2.05) is 0 Å². The first-order chi connectivity index (χ1) is 11.7. The van der Waals surface area contributed by atoms with Crippen molar-refractivity contribution >= 4 is 30.7 Å². The summed E-state index contributed by atoms with van der Waals surface area (Å²) in [4.78, 5) is 12.5. The molecule has 0 radical (unpaired) electrons. The molecule has 1 unspecified atom stereocenters. The Morgan fingerprint density at radius 3 is 2.46 bits per heavy atom. The predicted molar refractivity (Wildman–Crippen MR) is 112 cm³/mol. The standard InChI is InChI=1S/C20H31N3O.2ClH/c1-16(17-9-3-2-4-10-17)23-20(12-6-7-13-20)15-22-19(24)18-11-5-8-14-21-18;;/h2-4,9-10,16,18,21,23H,5-8,11-15H2,1H3,(H,22,24);2*1H/t16?,18-;;/m1../s1. The van der Waals surface area contributed by atoms with Gasteiger partial charge in [0.25, 0.3) is 0 Å². The van der Waals surface area contributed by atoms with Crippen molar-refractivity contribution in [1.82, 2.24) is 16.0 Å². The molecule has 1 aromatic carbocycles. The fraction of sp³-hybridized carbons (Fsp3) is 0.650. The summed E-state index contributed by atoms with van der Waals surface area (Å²) in [6.45, 7) is 3.92. The minimum atomic E-state index is 0. The Labute approximate surface area is 170 Å². The summed E-state index contributed by atoms with van der Waals surface area (Å²) in [6, 6.07) is 10.9.